The van der Waals surface area contributed by atoms with Gasteiger partial charge in [-0.1, -0.05) is 18.2 Å². The number of hydrogen-bond donors (Lipinski definition) is 1. The highest BCUT2D eigenvalue weighted by atomic mass is 16.5. The molecule has 168 valence electrons. The second kappa shape index (κ2) is 10.4. The summed E-state index contributed by atoms with van der Waals surface area (Å²) in [5.41, 5.74) is 0.445. The van der Waals surface area contributed by atoms with E-state index in [1.54, 1.807) is 30.3 Å². The highest BCUT2D eigenvalue weighted by molar-refractivity contribution is 6.14. The number of carbonyl (C=O) groups excluding carboxylic acids is 4. The summed E-state index contributed by atoms with van der Waals surface area (Å²) in [5, 5.41) is 2.50. The monoisotopic (exact) mass is 440 g/mol. The molecule has 0 aliphatic carbocycles. The van der Waals surface area contributed by atoms with Crippen LogP contribution in [0.25, 0.3) is 0 Å². The SMILES string of the molecule is CCOc1ccc(C(=O)c2ccccc2C(=O)OCC(=O)N2CCNC2=O)cc1OCC. The summed E-state index contributed by atoms with van der Waals surface area (Å²) in [6.45, 7) is 4.46. The Hall–Kier alpha value is -3.88. The first kappa shape index (κ1) is 22.8. The van der Waals surface area contributed by atoms with Crippen LogP contribution in [-0.4, -0.2) is 61.5 Å². The lowest BCUT2D eigenvalue weighted by Crippen LogP contribution is -2.37. The van der Waals surface area contributed by atoms with Crippen LogP contribution in [0.3, 0.4) is 0 Å². The summed E-state index contributed by atoms with van der Waals surface area (Å²) in [6.07, 6.45) is 0. The first-order valence-electron chi connectivity index (χ1n) is 10.2. The Labute approximate surface area is 185 Å². The Morgan fingerprint density at radius 2 is 1.66 bits per heavy atom. The van der Waals surface area contributed by atoms with Crippen LogP contribution in [0.4, 0.5) is 4.79 Å². The summed E-state index contributed by atoms with van der Waals surface area (Å²) in [4.78, 5) is 50.4. The first-order chi connectivity index (χ1) is 15.5. The molecule has 1 aliphatic heterocycles. The lowest BCUT2D eigenvalue weighted by atomic mass is 9.98. The quantitative estimate of drug-likeness (QED) is 0.471. The average molecular weight is 440 g/mol. The Kier molecular flexibility index (Phi) is 7.43. The largest absolute Gasteiger partial charge is 0.490 e. The number of urea groups is 1. The molecule has 32 heavy (non-hydrogen) atoms. The van der Waals surface area contributed by atoms with E-state index in [-0.39, 0.29) is 17.7 Å². The Balaban J connectivity index is 1.79. The maximum Gasteiger partial charge on any atom is 0.339 e. The number of ketones is 1. The van der Waals surface area contributed by atoms with E-state index < -0.39 is 30.3 Å². The van der Waals surface area contributed by atoms with Gasteiger partial charge in [0.1, 0.15) is 0 Å². The fourth-order valence-electron chi connectivity index (χ4n) is 3.20. The molecule has 0 saturated carbocycles. The van der Waals surface area contributed by atoms with Gasteiger partial charge in [-0.3, -0.25) is 14.5 Å². The van der Waals surface area contributed by atoms with Gasteiger partial charge in [-0.15, -0.1) is 0 Å². The zero-order valence-corrected chi connectivity index (χ0v) is 17.9. The maximum atomic E-state index is 13.2. The lowest BCUT2D eigenvalue weighted by Gasteiger charge is -2.14. The van der Waals surface area contributed by atoms with Crippen molar-refractivity contribution >= 4 is 23.7 Å². The number of hydrogen-bond acceptors (Lipinski definition) is 7. The van der Waals surface area contributed by atoms with E-state index in [0.29, 0.717) is 36.8 Å². The van der Waals surface area contributed by atoms with Crippen LogP contribution in [-0.2, 0) is 9.53 Å². The fraction of sp³-hybridized carbons (Fsp3) is 0.304. The molecular formula is C23H24N2O7. The molecule has 2 aromatic carbocycles. The molecule has 0 bridgehead atoms. The van der Waals surface area contributed by atoms with Gasteiger partial charge < -0.3 is 19.5 Å². The highest BCUT2D eigenvalue weighted by Crippen LogP contribution is 2.30. The third kappa shape index (κ3) is 5.05. The van der Waals surface area contributed by atoms with Crippen LogP contribution in [0, 0.1) is 0 Å². The van der Waals surface area contributed by atoms with Gasteiger partial charge in [-0.25, -0.2) is 9.59 Å². The van der Waals surface area contributed by atoms with Crippen molar-refractivity contribution < 1.29 is 33.4 Å². The van der Waals surface area contributed by atoms with E-state index in [2.05, 4.69) is 5.32 Å². The fourth-order valence-corrected chi connectivity index (χ4v) is 3.20. The zero-order valence-electron chi connectivity index (χ0n) is 17.9. The van der Waals surface area contributed by atoms with Gasteiger partial charge in [0.25, 0.3) is 5.91 Å². The minimum absolute atomic E-state index is 0.0167. The normalized spacial score (nSPS) is 12.8. The van der Waals surface area contributed by atoms with Gasteiger partial charge in [-0.2, -0.15) is 0 Å². The topological polar surface area (TPSA) is 111 Å². The molecule has 2 aromatic rings. The maximum absolute atomic E-state index is 13.2. The molecule has 0 atom stereocenters. The third-order valence-electron chi connectivity index (χ3n) is 4.68. The van der Waals surface area contributed by atoms with E-state index >= 15 is 0 Å². The Bertz CT molecular complexity index is 1030. The van der Waals surface area contributed by atoms with E-state index in [0.717, 1.165) is 4.90 Å². The van der Waals surface area contributed by atoms with Crippen molar-refractivity contribution in [3.05, 3.63) is 59.2 Å². The van der Waals surface area contributed by atoms with E-state index in [1.165, 1.54) is 12.1 Å². The predicted octanol–water partition coefficient (Wildman–Crippen LogP) is 2.42. The van der Waals surface area contributed by atoms with Crippen LogP contribution in [0.15, 0.2) is 42.5 Å². The molecule has 1 aliphatic rings. The summed E-state index contributed by atoms with van der Waals surface area (Å²) in [5.74, 6) is -0.938. The number of imide groups is 1. The van der Waals surface area contributed by atoms with Crippen LogP contribution in [0.1, 0.15) is 40.1 Å². The van der Waals surface area contributed by atoms with Crippen molar-refractivity contribution in [2.45, 2.75) is 13.8 Å². The van der Waals surface area contributed by atoms with Crippen molar-refractivity contribution in [1.29, 1.82) is 0 Å². The van der Waals surface area contributed by atoms with Crippen LogP contribution in [0.2, 0.25) is 0 Å². The number of carbonyl (C=O) groups is 4. The van der Waals surface area contributed by atoms with Crippen LogP contribution < -0.4 is 14.8 Å². The number of amides is 3. The molecule has 1 fully saturated rings. The number of nitrogens with one attached hydrogen (secondary N) is 1. The summed E-state index contributed by atoms with van der Waals surface area (Å²) < 4.78 is 16.2. The standard InChI is InChI=1S/C23H24N2O7/c1-3-30-18-10-9-15(13-19(18)31-4-2)21(27)16-7-5-6-8-17(16)22(28)32-14-20(26)25-12-11-24-23(25)29/h5-10,13H,3-4,11-12,14H2,1-2H3,(H,24,29). The van der Waals surface area contributed by atoms with Crippen LogP contribution >= 0.6 is 0 Å². The molecule has 3 amide bonds. The number of benzene rings is 2. The molecule has 1 N–H and O–H groups in total. The third-order valence-corrected chi connectivity index (χ3v) is 4.68. The molecule has 0 aromatic heterocycles. The second-order valence-corrected chi connectivity index (χ2v) is 6.76. The summed E-state index contributed by atoms with van der Waals surface area (Å²) in [6, 6.07) is 10.4. The summed E-state index contributed by atoms with van der Waals surface area (Å²) >= 11 is 0. The zero-order chi connectivity index (χ0) is 23.1. The molecule has 1 heterocycles. The molecule has 3 rings (SSSR count). The minimum atomic E-state index is -0.835. The van der Waals surface area contributed by atoms with Gasteiger partial charge in [0.05, 0.1) is 18.8 Å². The molecule has 9 heteroatoms. The summed E-state index contributed by atoms with van der Waals surface area (Å²) in [7, 11) is 0. The number of esters is 1. The molecule has 0 unspecified atom stereocenters. The van der Waals surface area contributed by atoms with Gasteiger partial charge in [0, 0.05) is 24.2 Å². The van der Waals surface area contributed by atoms with E-state index in [9.17, 15) is 19.2 Å². The lowest BCUT2D eigenvalue weighted by molar-refractivity contribution is -0.130. The first-order valence-corrected chi connectivity index (χ1v) is 10.2. The Morgan fingerprint density at radius 1 is 0.969 bits per heavy atom. The van der Waals surface area contributed by atoms with Gasteiger partial charge in [0.15, 0.2) is 23.9 Å². The van der Waals surface area contributed by atoms with E-state index in [1.807, 2.05) is 13.8 Å². The number of nitrogens with zero attached hydrogens (tertiary/aromatic N) is 1. The highest BCUT2D eigenvalue weighted by Gasteiger charge is 2.27. The average Bonchev–Trinajstić information content (AvgIpc) is 3.24. The van der Waals surface area contributed by atoms with Crippen molar-refractivity contribution in [2.75, 3.05) is 32.9 Å². The van der Waals surface area contributed by atoms with Gasteiger partial charge in [0.2, 0.25) is 0 Å². The smallest absolute Gasteiger partial charge is 0.339 e. The van der Waals surface area contributed by atoms with E-state index in [4.69, 9.17) is 14.2 Å². The van der Waals surface area contributed by atoms with Crippen molar-refractivity contribution in [1.82, 2.24) is 10.2 Å². The number of rotatable bonds is 9. The second-order valence-electron chi connectivity index (χ2n) is 6.76. The number of ether oxygens (including phenoxy) is 3. The predicted molar refractivity (Wildman–Crippen MR) is 114 cm³/mol. The van der Waals surface area contributed by atoms with Gasteiger partial charge >= 0.3 is 12.0 Å². The van der Waals surface area contributed by atoms with Gasteiger partial charge in [-0.05, 0) is 38.1 Å². The molecular weight excluding hydrogens is 416 g/mol. The van der Waals surface area contributed by atoms with Crippen molar-refractivity contribution in [3.8, 4) is 11.5 Å². The molecule has 1 saturated heterocycles. The van der Waals surface area contributed by atoms with Crippen molar-refractivity contribution in [2.24, 2.45) is 0 Å². The van der Waals surface area contributed by atoms with Crippen LogP contribution in [0.5, 0.6) is 11.5 Å². The Morgan fingerprint density at radius 3 is 2.31 bits per heavy atom. The molecule has 0 radical (unpaired) electrons. The minimum Gasteiger partial charge on any atom is -0.490 e. The molecule has 0 spiro atoms. The molecule has 9 nitrogen and oxygen atoms in total. The van der Waals surface area contributed by atoms with Crippen molar-refractivity contribution in [3.63, 3.8) is 0 Å².